The van der Waals surface area contributed by atoms with E-state index in [1.165, 1.54) is 0 Å². The number of rotatable bonds is 5. The van der Waals surface area contributed by atoms with E-state index in [4.69, 9.17) is 0 Å². The molecule has 1 atom stereocenters. The summed E-state index contributed by atoms with van der Waals surface area (Å²) in [6, 6.07) is 19.8. The topological polar surface area (TPSA) is 52.7 Å². The summed E-state index contributed by atoms with van der Waals surface area (Å²) in [4.78, 5) is 30.8. The van der Waals surface area contributed by atoms with Gasteiger partial charge in [-0.15, -0.1) is 0 Å². The van der Waals surface area contributed by atoms with Gasteiger partial charge in [0.2, 0.25) is 5.91 Å². The maximum absolute atomic E-state index is 14.0. The fourth-order valence-corrected chi connectivity index (χ4v) is 4.70. The molecule has 0 bridgehead atoms. The SMILES string of the molecule is Cc1ccc(N2C(=O)C[C@@]2(C(=O)Nc2c(C)cccc2C)c2ccc(N(C)C)cc2)c(C)c1. The first-order chi connectivity index (χ1) is 15.6. The molecule has 33 heavy (non-hydrogen) atoms. The summed E-state index contributed by atoms with van der Waals surface area (Å²) in [5.41, 5.74) is 6.36. The predicted octanol–water partition coefficient (Wildman–Crippen LogP) is 5.26. The second-order valence-electron chi connectivity index (χ2n) is 9.22. The number of amides is 2. The fourth-order valence-electron chi connectivity index (χ4n) is 4.70. The van der Waals surface area contributed by atoms with Crippen molar-refractivity contribution in [1.29, 1.82) is 0 Å². The Balaban J connectivity index is 1.85. The highest BCUT2D eigenvalue weighted by atomic mass is 16.2. The molecule has 1 heterocycles. The van der Waals surface area contributed by atoms with Gasteiger partial charge in [-0.25, -0.2) is 0 Å². The molecule has 0 aliphatic carbocycles. The fraction of sp³-hybridized carbons (Fsp3) is 0.286. The monoisotopic (exact) mass is 441 g/mol. The van der Waals surface area contributed by atoms with Crippen molar-refractivity contribution in [2.24, 2.45) is 0 Å². The molecule has 1 aliphatic rings. The maximum Gasteiger partial charge on any atom is 0.255 e. The summed E-state index contributed by atoms with van der Waals surface area (Å²) in [6.07, 6.45) is 0.123. The van der Waals surface area contributed by atoms with E-state index in [9.17, 15) is 9.59 Å². The number of β-lactam (4-membered cyclic amide) rings is 1. The number of nitrogens with one attached hydrogen (secondary N) is 1. The molecule has 3 aromatic rings. The van der Waals surface area contributed by atoms with Gasteiger partial charge in [0.1, 0.15) is 0 Å². The number of benzene rings is 3. The molecule has 1 N–H and O–H groups in total. The Hall–Kier alpha value is -3.60. The van der Waals surface area contributed by atoms with E-state index in [1.54, 1.807) is 4.90 Å². The Bertz CT molecular complexity index is 1210. The lowest BCUT2D eigenvalue weighted by Crippen LogP contribution is -2.67. The molecule has 170 valence electrons. The van der Waals surface area contributed by atoms with Gasteiger partial charge in [-0.3, -0.25) is 14.5 Å². The van der Waals surface area contributed by atoms with Crippen molar-refractivity contribution < 1.29 is 9.59 Å². The third kappa shape index (κ3) is 3.78. The standard InChI is InChI=1S/C28H31N3O2/c1-18-10-15-24(21(4)16-18)31-25(32)17-28(31,22-11-13-23(14-12-22)30(5)6)27(33)29-26-19(2)8-7-9-20(26)3/h7-16H,17H2,1-6H3,(H,29,33)/t28-/m0/s1. The lowest BCUT2D eigenvalue weighted by Gasteiger charge is -2.51. The summed E-state index contributed by atoms with van der Waals surface area (Å²) in [5.74, 6) is -0.257. The Morgan fingerprint density at radius 3 is 2.09 bits per heavy atom. The first-order valence-electron chi connectivity index (χ1n) is 11.2. The third-order valence-electron chi connectivity index (χ3n) is 6.59. The Morgan fingerprint density at radius 1 is 0.909 bits per heavy atom. The molecule has 0 spiro atoms. The van der Waals surface area contributed by atoms with Gasteiger partial charge in [0.05, 0.1) is 6.42 Å². The summed E-state index contributed by atoms with van der Waals surface area (Å²) in [6.45, 7) is 7.97. The van der Waals surface area contributed by atoms with E-state index in [2.05, 4.69) is 5.32 Å². The number of aryl methyl sites for hydroxylation is 4. The van der Waals surface area contributed by atoms with Crippen LogP contribution in [0, 0.1) is 27.7 Å². The number of carbonyl (C=O) groups excluding carboxylic acids is 2. The minimum absolute atomic E-state index is 0.0599. The number of hydrogen-bond acceptors (Lipinski definition) is 3. The van der Waals surface area contributed by atoms with Crippen molar-refractivity contribution in [3.8, 4) is 0 Å². The highest BCUT2D eigenvalue weighted by molar-refractivity contribution is 6.17. The van der Waals surface area contributed by atoms with E-state index in [0.717, 1.165) is 44.9 Å². The van der Waals surface area contributed by atoms with Gasteiger partial charge in [-0.1, -0.05) is 48.0 Å². The van der Waals surface area contributed by atoms with Crippen LogP contribution in [0.5, 0.6) is 0 Å². The Labute approximate surface area is 196 Å². The molecule has 4 rings (SSSR count). The van der Waals surface area contributed by atoms with Crippen LogP contribution in [-0.2, 0) is 15.1 Å². The van der Waals surface area contributed by atoms with Crippen LogP contribution in [0.15, 0.2) is 60.7 Å². The van der Waals surface area contributed by atoms with Gasteiger partial charge >= 0.3 is 0 Å². The summed E-state index contributed by atoms with van der Waals surface area (Å²) < 4.78 is 0. The molecular weight excluding hydrogens is 410 g/mol. The van der Waals surface area contributed by atoms with Crippen molar-refractivity contribution in [3.05, 3.63) is 88.5 Å². The van der Waals surface area contributed by atoms with Gasteiger partial charge in [0.25, 0.3) is 5.91 Å². The molecule has 1 fully saturated rings. The highest BCUT2D eigenvalue weighted by Crippen LogP contribution is 2.47. The number of hydrogen-bond donors (Lipinski definition) is 1. The van der Waals surface area contributed by atoms with Crippen LogP contribution >= 0.6 is 0 Å². The average molecular weight is 442 g/mol. The normalized spacial score (nSPS) is 17.5. The molecule has 0 aromatic heterocycles. The largest absolute Gasteiger partial charge is 0.378 e. The van der Waals surface area contributed by atoms with Crippen molar-refractivity contribution in [2.45, 2.75) is 39.7 Å². The Kier molecular flexibility index (Phi) is 5.75. The molecule has 3 aromatic carbocycles. The van der Waals surface area contributed by atoms with Crippen LogP contribution in [0.1, 0.15) is 34.2 Å². The summed E-state index contributed by atoms with van der Waals surface area (Å²) >= 11 is 0. The molecule has 0 saturated carbocycles. The number of nitrogens with zero attached hydrogens (tertiary/aromatic N) is 2. The number of para-hydroxylation sites is 1. The van der Waals surface area contributed by atoms with Crippen LogP contribution in [0.25, 0.3) is 0 Å². The van der Waals surface area contributed by atoms with Crippen LogP contribution in [0.3, 0.4) is 0 Å². The minimum Gasteiger partial charge on any atom is -0.378 e. The van der Waals surface area contributed by atoms with Gasteiger partial charge in [-0.2, -0.15) is 0 Å². The average Bonchev–Trinajstić information content (AvgIpc) is 2.76. The number of carbonyl (C=O) groups is 2. The van der Waals surface area contributed by atoms with E-state index >= 15 is 0 Å². The van der Waals surface area contributed by atoms with Gasteiger partial charge in [-0.05, 0) is 68.1 Å². The van der Waals surface area contributed by atoms with E-state index < -0.39 is 5.54 Å². The van der Waals surface area contributed by atoms with E-state index in [0.29, 0.717) is 0 Å². The van der Waals surface area contributed by atoms with Crippen LogP contribution in [-0.4, -0.2) is 25.9 Å². The van der Waals surface area contributed by atoms with Gasteiger partial charge in [0, 0.05) is 31.2 Å². The Morgan fingerprint density at radius 2 is 1.55 bits per heavy atom. The van der Waals surface area contributed by atoms with E-state index in [1.807, 2.05) is 107 Å². The van der Waals surface area contributed by atoms with Crippen LogP contribution in [0.2, 0.25) is 0 Å². The second-order valence-corrected chi connectivity index (χ2v) is 9.22. The lowest BCUT2D eigenvalue weighted by molar-refractivity contribution is -0.137. The maximum atomic E-state index is 14.0. The van der Waals surface area contributed by atoms with Gasteiger partial charge < -0.3 is 10.2 Å². The zero-order valence-corrected chi connectivity index (χ0v) is 20.2. The number of anilines is 3. The van der Waals surface area contributed by atoms with Crippen molar-refractivity contribution >= 4 is 28.9 Å². The van der Waals surface area contributed by atoms with Crippen molar-refractivity contribution in [3.63, 3.8) is 0 Å². The third-order valence-corrected chi connectivity index (χ3v) is 6.59. The molecule has 0 radical (unpaired) electrons. The zero-order valence-electron chi connectivity index (χ0n) is 20.2. The van der Waals surface area contributed by atoms with Crippen LogP contribution < -0.4 is 15.1 Å². The summed E-state index contributed by atoms with van der Waals surface area (Å²) in [5, 5.41) is 3.17. The van der Waals surface area contributed by atoms with Gasteiger partial charge in [0.15, 0.2) is 5.54 Å². The molecule has 2 amide bonds. The molecule has 0 unspecified atom stereocenters. The quantitative estimate of drug-likeness (QED) is 0.550. The second kappa shape index (κ2) is 8.39. The zero-order chi connectivity index (χ0) is 23.9. The summed E-state index contributed by atoms with van der Waals surface area (Å²) in [7, 11) is 3.96. The van der Waals surface area contributed by atoms with E-state index in [-0.39, 0.29) is 18.2 Å². The molecule has 1 saturated heterocycles. The van der Waals surface area contributed by atoms with Crippen molar-refractivity contribution in [2.75, 3.05) is 29.2 Å². The highest BCUT2D eigenvalue weighted by Gasteiger charge is 2.58. The molecule has 5 nitrogen and oxygen atoms in total. The first-order valence-corrected chi connectivity index (χ1v) is 11.2. The predicted molar refractivity (Wildman–Crippen MR) is 135 cm³/mol. The molecule has 5 heteroatoms. The molecule has 1 aliphatic heterocycles. The van der Waals surface area contributed by atoms with Crippen molar-refractivity contribution in [1.82, 2.24) is 0 Å². The van der Waals surface area contributed by atoms with Crippen LogP contribution in [0.4, 0.5) is 17.1 Å². The smallest absolute Gasteiger partial charge is 0.255 e. The minimum atomic E-state index is -1.11. The lowest BCUT2D eigenvalue weighted by atomic mass is 9.75. The first kappa shape index (κ1) is 22.6. The molecular formula is C28H31N3O2.